The summed E-state index contributed by atoms with van der Waals surface area (Å²) in [5.41, 5.74) is 6.78. The predicted octanol–water partition coefficient (Wildman–Crippen LogP) is 4.79. The molecule has 0 aromatic heterocycles. The first-order valence-electron chi connectivity index (χ1n) is 8.31. The zero-order chi connectivity index (χ0) is 15.9. The van der Waals surface area contributed by atoms with E-state index in [4.69, 9.17) is 0 Å². The van der Waals surface area contributed by atoms with E-state index in [-0.39, 0.29) is 6.61 Å². The fourth-order valence-electron chi connectivity index (χ4n) is 2.94. The first-order valence-corrected chi connectivity index (χ1v) is 8.31. The van der Waals surface area contributed by atoms with Crippen LogP contribution in [0.4, 0.5) is 0 Å². The van der Waals surface area contributed by atoms with Gasteiger partial charge in [0.15, 0.2) is 0 Å². The van der Waals surface area contributed by atoms with Crippen LogP contribution in [-0.4, -0.2) is 11.7 Å². The molecular weight excluding hydrogens is 268 g/mol. The van der Waals surface area contributed by atoms with E-state index in [9.17, 15) is 5.11 Å². The number of aliphatic hydroxyl groups is 1. The van der Waals surface area contributed by atoms with Crippen LogP contribution in [0.2, 0.25) is 0 Å². The molecule has 0 amide bonds. The summed E-state index contributed by atoms with van der Waals surface area (Å²) in [6.45, 7) is 6.72. The summed E-state index contributed by atoms with van der Waals surface area (Å²) < 4.78 is 0. The van der Waals surface area contributed by atoms with Crippen molar-refractivity contribution >= 4 is 0 Å². The third kappa shape index (κ3) is 4.99. The molecule has 2 rings (SSSR count). The standard InChI is InChI=1S/C21H28O/c1-16-4-7-19(8-5-16)9-10-20(15-22)11-13-21-12-6-17(2)14-18(21)3/h4-8,12,14,20,22H,9-11,13,15H2,1-3H3. The van der Waals surface area contributed by atoms with Gasteiger partial charge in [-0.15, -0.1) is 0 Å². The Bertz CT molecular complexity index is 583. The molecule has 1 nitrogen and oxygen atoms in total. The zero-order valence-corrected chi connectivity index (χ0v) is 14.1. The van der Waals surface area contributed by atoms with Gasteiger partial charge in [0, 0.05) is 6.61 Å². The number of rotatable bonds is 7. The highest BCUT2D eigenvalue weighted by molar-refractivity contribution is 5.30. The van der Waals surface area contributed by atoms with Crippen LogP contribution in [0.5, 0.6) is 0 Å². The second-order valence-electron chi connectivity index (χ2n) is 6.54. The van der Waals surface area contributed by atoms with Crippen molar-refractivity contribution in [3.8, 4) is 0 Å². The van der Waals surface area contributed by atoms with Crippen LogP contribution in [0.1, 0.15) is 40.7 Å². The molecule has 2 aromatic carbocycles. The van der Waals surface area contributed by atoms with Crippen molar-refractivity contribution in [3.05, 3.63) is 70.3 Å². The molecule has 1 unspecified atom stereocenters. The van der Waals surface area contributed by atoms with Crippen LogP contribution in [0.15, 0.2) is 42.5 Å². The van der Waals surface area contributed by atoms with Gasteiger partial charge in [0.05, 0.1) is 0 Å². The molecule has 118 valence electrons. The first-order chi connectivity index (χ1) is 10.6. The lowest BCUT2D eigenvalue weighted by atomic mass is 9.92. The van der Waals surface area contributed by atoms with E-state index in [1.54, 1.807) is 0 Å². The molecule has 0 saturated carbocycles. The topological polar surface area (TPSA) is 20.2 Å². The predicted molar refractivity (Wildman–Crippen MR) is 94.3 cm³/mol. The van der Waals surface area contributed by atoms with Crippen molar-refractivity contribution in [1.82, 2.24) is 0 Å². The molecule has 2 aromatic rings. The number of hydrogen-bond acceptors (Lipinski definition) is 1. The van der Waals surface area contributed by atoms with Crippen molar-refractivity contribution < 1.29 is 5.11 Å². The second-order valence-corrected chi connectivity index (χ2v) is 6.54. The Morgan fingerprint density at radius 1 is 0.818 bits per heavy atom. The third-order valence-corrected chi connectivity index (χ3v) is 4.54. The van der Waals surface area contributed by atoms with E-state index < -0.39 is 0 Å². The quantitative estimate of drug-likeness (QED) is 0.779. The minimum atomic E-state index is 0.288. The van der Waals surface area contributed by atoms with Crippen molar-refractivity contribution in [2.45, 2.75) is 46.5 Å². The molecule has 0 saturated heterocycles. The molecule has 0 spiro atoms. The van der Waals surface area contributed by atoms with Crippen molar-refractivity contribution in [1.29, 1.82) is 0 Å². The number of aliphatic hydroxyl groups excluding tert-OH is 1. The summed E-state index contributed by atoms with van der Waals surface area (Å²) in [7, 11) is 0. The Balaban J connectivity index is 1.85. The molecule has 1 atom stereocenters. The van der Waals surface area contributed by atoms with Gasteiger partial charge in [-0.05, 0) is 69.1 Å². The lowest BCUT2D eigenvalue weighted by Gasteiger charge is -2.15. The van der Waals surface area contributed by atoms with Crippen molar-refractivity contribution in [3.63, 3.8) is 0 Å². The van der Waals surface area contributed by atoms with E-state index in [1.807, 2.05) is 0 Å². The maximum absolute atomic E-state index is 9.64. The Labute approximate surface area is 135 Å². The average Bonchev–Trinajstić information content (AvgIpc) is 2.51. The SMILES string of the molecule is Cc1ccc(CCC(CO)CCc2ccc(C)cc2C)cc1. The van der Waals surface area contributed by atoms with Gasteiger partial charge in [0.2, 0.25) is 0 Å². The van der Waals surface area contributed by atoms with Gasteiger partial charge >= 0.3 is 0 Å². The molecule has 1 N–H and O–H groups in total. The summed E-state index contributed by atoms with van der Waals surface area (Å²) in [4.78, 5) is 0. The van der Waals surface area contributed by atoms with E-state index in [2.05, 4.69) is 63.2 Å². The van der Waals surface area contributed by atoms with Gasteiger partial charge in [0.1, 0.15) is 0 Å². The van der Waals surface area contributed by atoms with Crippen molar-refractivity contribution in [2.75, 3.05) is 6.61 Å². The van der Waals surface area contributed by atoms with E-state index in [0.29, 0.717) is 5.92 Å². The molecule has 0 aliphatic heterocycles. The average molecular weight is 296 g/mol. The summed E-state index contributed by atoms with van der Waals surface area (Å²) in [5.74, 6) is 0.391. The maximum atomic E-state index is 9.64. The molecule has 0 heterocycles. The van der Waals surface area contributed by atoms with Crippen LogP contribution in [0, 0.1) is 26.7 Å². The largest absolute Gasteiger partial charge is 0.396 e. The van der Waals surface area contributed by atoms with Gasteiger partial charge < -0.3 is 5.11 Å². The molecule has 0 fully saturated rings. The lowest BCUT2D eigenvalue weighted by molar-refractivity contribution is 0.211. The number of aryl methyl sites for hydroxylation is 5. The Morgan fingerprint density at radius 3 is 2.09 bits per heavy atom. The van der Waals surface area contributed by atoms with Gasteiger partial charge in [-0.25, -0.2) is 0 Å². The van der Waals surface area contributed by atoms with Gasteiger partial charge in [-0.2, -0.15) is 0 Å². The molecule has 22 heavy (non-hydrogen) atoms. The fourth-order valence-corrected chi connectivity index (χ4v) is 2.94. The number of benzene rings is 2. The second kappa shape index (κ2) is 8.14. The van der Waals surface area contributed by atoms with Gasteiger partial charge in [-0.3, -0.25) is 0 Å². The molecule has 0 aliphatic carbocycles. The first kappa shape index (κ1) is 16.8. The third-order valence-electron chi connectivity index (χ3n) is 4.54. The maximum Gasteiger partial charge on any atom is 0.0459 e. The van der Waals surface area contributed by atoms with Gasteiger partial charge in [-0.1, -0.05) is 53.6 Å². The molecular formula is C21H28O. The summed E-state index contributed by atoms with van der Waals surface area (Å²) in [5, 5.41) is 9.64. The van der Waals surface area contributed by atoms with Gasteiger partial charge in [0.25, 0.3) is 0 Å². The van der Waals surface area contributed by atoms with E-state index in [0.717, 1.165) is 25.7 Å². The van der Waals surface area contributed by atoms with Crippen LogP contribution < -0.4 is 0 Å². The normalized spacial score (nSPS) is 12.4. The smallest absolute Gasteiger partial charge is 0.0459 e. The minimum absolute atomic E-state index is 0.288. The highest BCUT2D eigenvalue weighted by Crippen LogP contribution is 2.19. The van der Waals surface area contributed by atoms with Crippen LogP contribution >= 0.6 is 0 Å². The molecule has 0 radical (unpaired) electrons. The number of hydrogen-bond donors (Lipinski definition) is 1. The molecule has 1 heteroatoms. The summed E-state index contributed by atoms with van der Waals surface area (Å²) in [6, 6.07) is 15.4. The van der Waals surface area contributed by atoms with Crippen LogP contribution in [0.25, 0.3) is 0 Å². The fraction of sp³-hybridized carbons (Fsp3) is 0.429. The lowest BCUT2D eigenvalue weighted by Crippen LogP contribution is -2.09. The molecule has 0 bridgehead atoms. The zero-order valence-electron chi connectivity index (χ0n) is 14.1. The highest BCUT2D eigenvalue weighted by atomic mass is 16.3. The van der Waals surface area contributed by atoms with E-state index in [1.165, 1.54) is 27.8 Å². The molecule has 0 aliphatic rings. The van der Waals surface area contributed by atoms with E-state index >= 15 is 0 Å². The highest BCUT2D eigenvalue weighted by Gasteiger charge is 2.09. The van der Waals surface area contributed by atoms with Crippen LogP contribution in [0.3, 0.4) is 0 Å². The Kier molecular flexibility index (Phi) is 6.21. The minimum Gasteiger partial charge on any atom is -0.396 e. The Hall–Kier alpha value is -1.60. The summed E-state index contributed by atoms with van der Waals surface area (Å²) >= 11 is 0. The summed E-state index contributed by atoms with van der Waals surface area (Å²) in [6.07, 6.45) is 4.24. The van der Waals surface area contributed by atoms with Crippen molar-refractivity contribution in [2.24, 2.45) is 5.92 Å². The Morgan fingerprint density at radius 2 is 1.45 bits per heavy atom. The van der Waals surface area contributed by atoms with Crippen LogP contribution in [-0.2, 0) is 12.8 Å². The monoisotopic (exact) mass is 296 g/mol.